The molecule has 1 unspecified atom stereocenters. The normalized spacial score (nSPS) is 22.0. The minimum absolute atomic E-state index is 0.0286. The number of pyridine rings is 1. The number of hydrogen-bond acceptors (Lipinski definition) is 4. The van der Waals surface area contributed by atoms with Crippen molar-refractivity contribution in [2.45, 2.75) is 26.0 Å². The van der Waals surface area contributed by atoms with Crippen LogP contribution < -0.4 is 4.90 Å². The standard InChI is InChI=1S/C13H20BrN3O/c1-10-8-16(2)4-3-5-17(10)13-11(9-18)6-12(14)7-15-13/h6-7,10,18H,3-5,8-9H2,1-2H3. The highest BCUT2D eigenvalue weighted by Crippen LogP contribution is 2.25. The lowest BCUT2D eigenvalue weighted by atomic mass is 10.2. The summed E-state index contributed by atoms with van der Waals surface area (Å²) in [7, 11) is 2.15. The van der Waals surface area contributed by atoms with Crippen molar-refractivity contribution in [1.29, 1.82) is 0 Å². The first kappa shape index (κ1) is 13.8. The number of aromatic nitrogens is 1. The average molecular weight is 314 g/mol. The van der Waals surface area contributed by atoms with Crippen LogP contribution in [0.2, 0.25) is 0 Å². The van der Waals surface area contributed by atoms with E-state index >= 15 is 0 Å². The van der Waals surface area contributed by atoms with Crippen molar-refractivity contribution in [2.75, 3.05) is 31.6 Å². The lowest BCUT2D eigenvalue weighted by Gasteiger charge is -2.30. The number of aliphatic hydroxyl groups is 1. The van der Waals surface area contributed by atoms with Gasteiger partial charge in [-0.3, -0.25) is 0 Å². The van der Waals surface area contributed by atoms with Gasteiger partial charge in [0.2, 0.25) is 0 Å². The molecule has 1 atom stereocenters. The maximum Gasteiger partial charge on any atom is 0.134 e. The summed E-state index contributed by atoms with van der Waals surface area (Å²) in [6, 6.07) is 2.36. The van der Waals surface area contributed by atoms with Crippen LogP contribution in [0.3, 0.4) is 0 Å². The Bertz CT molecular complexity index is 413. The van der Waals surface area contributed by atoms with Crippen molar-refractivity contribution in [3.63, 3.8) is 0 Å². The van der Waals surface area contributed by atoms with Crippen LogP contribution in [0.5, 0.6) is 0 Å². The first-order chi connectivity index (χ1) is 8.61. The number of nitrogens with zero attached hydrogens (tertiary/aromatic N) is 3. The van der Waals surface area contributed by atoms with E-state index in [9.17, 15) is 5.11 Å². The monoisotopic (exact) mass is 313 g/mol. The number of hydrogen-bond donors (Lipinski definition) is 1. The second-order valence-corrected chi connectivity index (χ2v) is 5.87. The number of likely N-dealkylation sites (N-methyl/N-ethyl adjacent to an activating group) is 1. The van der Waals surface area contributed by atoms with Crippen LogP contribution in [0.1, 0.15) is 18.9 Å². The van der Waals surface area contributed by atoms with E-state index in [2.05, 4.69) is 44.7 Å². The highest BCUT2D eigenvalue weighted by Gasteiger charge is 2.22. The molecule has 5 heteroatoms. The van der Waals surface area contributed by atoms with Crippen LogP contribution >= 0.6 is 15.9 Å². The lowest BCUT2D eigenvalue weighted by Crippen LogP contribution is -2.39. The minimum atomic E-state index is 0.0286. The van der Waals surface area contributed by atoms with E-state index in [0.717, 1.165) is 41.9 Å². The Labute approximate surface area is 117 Å². The van der Waals surface area contributed by atoms with Gasteiger partial charge in [-0.05, 0) is 48.9 Å². The fourth-order valence-electron chi connectivity index (χ4n) is 2.54. The Kier molecular flexibility index (Phi) is 4.59. The fourth-order valence-corrected chi connectivity index (χ4v) is 2.91. The van der Waals surface area contributed by atoms with Crippen LogP contribution in [0.15, 0.2) is 16.7 Å². The van der Waals surface area contributed by atoms with Gasteiger partial charge in [0.25, 0.3) is 0 Å². The third-order valence-electron chi connectivity index (χ3n) is 3.40. The van der Waals surface area contributed by atoms with E-state index in [1.807, 2.05) is 6.07 Å². The Morgan fingerprint density at radius 2 is 2.28 bits per heavy atom. The molecule has 4 nitrogen and oxygen atoms in total. The molecule has 0 amide bonds. The molecule has 0 radical (unpaired) electrons. The van der Waals surface area contributed by atoms with Crippen LogP contribution in [-0.4, -0.2) is 47.7 Å². The summed E-state index contributed by atoms with van der Waals surface area (Å²) in [5, 5.41) is 9.48. The molecule has 0 saturated carbocycles. The quantitative estimate of drug-likeness (QED) is 0.905. The number of halogens is 1. The smallest absolute Gasteiger partial charge is 0.134 e. The molecule has 1 aliphatic rings. The largest absolute Gasteiger partial charge is 0.392 e. The van der Waals surface area contributed by atoms with Crippen LogP contribution in [0.25, 0.3) is 0 Å². The molecular weight excluding hydrogens is 294 g/mol. The number of anilines is 1. The Morgan fingerprint density at radius 3 is 3.00 bits per heavy atom. The summed E-state index contributed by atoms with van der Waals surface area (Å²) in [4.78, 5) is 9.15. The molecular formula is C13H20BrN3O. The van der Waals surface area contributed by atoms with Crippen molar-refractivity contribution in [1.82, 2.24) is 9.88 Å². The van der Waals surface area contributed by atoms with Crippen LogP contribution in [0, 0.1) is 0 Å². The van der Waals surface area contributed by atoms with Gasteiger partial charge in [0, 0.05) is 35.4 Å². The van der Waals surface area contributed by atoms with E-state index in [-0.39, 0.29) is 6.61 Å². The van der Waals surface area contributed by atoms with E-state index in [4.69, 9.17) is 0 Å². The predicted octanol–water partition coefficient (Wildman–Crippen LogP) is 1.87. The molecule has 1 aliphatic heterocycles. The SMILES string of the molecule is CC1CN(C)CCCN1c1ncc(Br)cc1CO. The highest BCUT2D eigenvalue weighted by atomic mass is 79.9. The van der Waals surface area contributed by atoms with Crippen molar-refractivity contribution in [2.24, 2.45) is 0 Å². The predicted molar refractivity (Wildman–Crippen MR) is 76.8 cm³/mol. The van der Waals surface area contributed by atoms with Gasteiger partial charge < -0.3 is 14.9 Å². The van der Waals surface area contributed by atoms with Gasteiger partial charge in [0.15, 0.2) is 0 Å². The first-order valence-electron chi connectivity index (χ1n) is 6.32. The van der Waals surface area contributed by atoms with E-state index in [0.29, 0.717) is 6.04 Å². The Hall–Kier alpha value is -0.650. The zero-order valence-corrected chi connectivity index (χ0v) is 12.5. The molecule has 0 bridgehead atoms. The third kappa shape index (κ3) is 3.02. The summed E-state index contributed by atoms with van der Waals surface area (Å²) in [6.07, 6.45) is 2.93. The zero-order chi connectivity index (χ0) is 13.1. The van der Waals surface area contributed by atoms with Gasteiger partial charge in [-0.2, -0.15) is 0 Å². The molecule has 0 aromatic carbocycles. The Morgan fingerprint density at radius 1 is 1.50 bits per heavy atom. The summed E-state index contributed by atoms with van der Waals surface area (Å²) < 4.78 is 0.912. The van der Waals surface area contributed by atoms with Gasteiger partial charge in [-0.25, -0.2) is 4.98 Å². The molecule has 1 aromatic rings. The van der Waals surface area contributed by atoms with Gasteiger partial charge in [-0.15, -0.1) is 0 Å². The molecule has 100 valence electrons. The van der Waals surface area contributed by atoms with Crippen molar-refractivity contribution in [3.05, 3.63) is 22.3 Å². The van der Waals surface area contributed by atoms with Gasteiger partial charge in [0.05, 0.1) is 6.61 Å². The minimum Gasteiger partial charge on any atom is -0.392 e. The fraction of sp³-hybridized carbons (Fsp3) is 0.615. The third-order valence-corrected chi connectivity index (χ3v) is 3.83. The summed E-state index contributed by atoms with van der Waals surface area (Å²) in [6.45, 7) is 5.38. The summed E-state index contributed by atoms with van der Waals surface area (Å²) in [5.41, 5.74) is 0.890. The van der Waals surface area contributed by atoms with Crippen molar-refractivity contribution >= 4 is 21.7 Å². The van der Waals surface area contributed by atoms with Gasteiger partial charge in [0.1, 0.15) is 5.82 Å². The molecule has 0 spiro atoms. The topological polar surface area (TPSA) is 39.6 Å². The molecule has 18 heavy (non-hydrogen) atoms. The molecule has 0 aliphatic carbocycles. The van der Waals surface area contributed by atoms with Gasteiger partial charge in [-0.1, -0.05) is 0 Å². The maximum atomic E-state index is 9.48. The molecule has 2 heterocycles. The number of rotatable bonds is 2. The van der Waals surface area contributed by atoms with Crippen LogP contribution in [-0.2, 0) is 6.61 Å². The zero-order valence-electron chi connectivity index (χ0n) is 10.9. The second kappa shape index (κ2) is 5.99. The van der Waals surface area contributed by atoms with Crippen molar-refractivity contribution < 1.29 is 5.11 Å². The van der Waals surface area contributed by atoms with E-state index in [1.54, 1.807) is 6.20 Å². The highest BCUT2D eigenvalue weighted by molar-refractivity contribution is 9.10. The maximum absolute atomic E-state index is 9.48. The molecule has 1 N–H and O–H groups in total. The second-order valence-electron chi connectivity index (χ2n) is 4.95. The first-order valence-corrected chi connectivity index (χ1v) is 7.11. The van der Waals surface area contributed by atoms with Crippen molar-refractivity contribution in [3.8, 4) is 0 Å². The van der Waals surface area contributed by atoms with E-state index in [1.165, 1.54) is 0 Å². The molecule has 2 rings (SSSR count). The van der Waals surface area contributed by atoms with Gasteiger partial charge >= 0.3 is 0 Å². The molecule has 1 saturated heterocycles. The summed E-state index contributed by atoms with van der Waals surface area (Å²) in [5.74, 6) is 0.920. The average Bonchev–Trinajstić information content (AvgIpc) is 2.50. The molecule has 1 fully saturated rings. The Balaban J connectivity index is 2.29. The van der Waals surface area contributed by atoms with Crippen LogP contribution in [0.4, 0.5) is 5.82 Å². The van der Waals surface area contributed by atoms with E-state index < -0.39 is 0 Å². The number of aliphatic hydroxyl groups excluding tert-OH is 1. The lowest BCUT2D eigenvalue weighted by molar-refractivity contribution is 0.281. The molecule has 1 aromatic heterocycles. The summed E-state index contributed by atoms with van der Waals surface area (Å²) >= 11 is 3.40.